The lowest BCUT2D eigenvalue weighted by Crippen LogP contribution is -2.55. The molecule has 0 saturated heterocycles. The Bertz CT molecular complexity index is 1520. The zero-order valence-electron chi connectivity index (χ0n) is 25.0. The van der Waals surface area contributed by atoms with E-state index in [1.54, 1.807) is 18.2 Å². The lowest BCUT2D eigenvalue weighted by atomic mass is 9.88. The van der Waals surface area contributed by atoms with Gasteiger partial charge in [-0.3, -0.25) is 10.1 Å². The van der Waals surface area contributed by atoms with Gasteiger partial charge in [0, 0.05) is 6.54 Å². The summed E-state index contributed by atoms with van der Waals surface area (Å²) in [5, 5.41) is 23.1. The Balaban J connectivity index is 1.48. The van der Waals surface area contributed by atoms with Crippen molar-refractivity contribution in [3.8, 4) is 17.2 Å². The summed E-state index contributed by atoms with van der Waals surface area (Å²) >= 11 is 0. The van der Waals surface area contributed by atoms with Gasteiger partial charge in [0.1, 0.15) is 12.4 Å². The number of allylic oxidation sites excluding steroid dienone is 1. The Morgan fingerprint density at radius 1 is 0.837 bits per heavy atom. The molecule has 43 heavy (non-hydrogen) atoms. The highest BCUT2D eigenvalue weighted by Gasteiger charge is 2.45. The predicted molar refractivity (Wildman–Crippen MR) is 169 cm³/mol. The van der Waals surface area contributed by atoms with Gasteiger partial charge in [0.05, 0.1) is 25.6 Å². The van der Waals surface area contributed by atoms with Gasteiger partial charge in [-0.2, -0.15) is 0 Å². The second kappa shape index (κ2) is 14.5. The topological polar surface area (TPSA) is 94.3 Å². The van der Waals surface area contributed by atoms with Gasteiger partial charge in [-0.25, -0.2) is 4.90 Å². The Morgan fingerprint density at radius 3 is 1.98 bits per heavy atom. The number of methoxy groups -OCH3 is 2. The maximum absolute atomic E-state index is 12.0. The first kappa shape index (κ1) is 31.3. The van der Waals surface area contributed by atoms with E-state index in [-0.39, 0.29) is 19.6 Å². The third kappa shape index (κ3) is 7.41. The minimum absolute atomic E-state index is 0.121. The molecule has 4 aromatic carbocycles. The van der Waals surface area contributed by atoms with E-state index in [4.69, 9.17) is 14.2 Å². The summed E-state index contributed by atoms with van der Waals surface area (Å²) in [5.74, 6) is -0.774. The van der Waals surface area contributed by atoms with Crippen LogP contribution in [0.3, 0.4) is 0 Å². The molecule has 4 aromatic rings. The van der Waals surface area contributed by atoms with Gasteiger partial charge in [-0.1, -0.05) is 85.8 Å². The molecule has 0 aromatic heterocycles. The molecule has 0 aliphatic rings. The summed E-state index contributed by atoms with van der Waals surface area (Å²) in [7, 11) is 4.50. The lowest BCUT2D eigenvalue weighted by molar-refractivity contribution is -0.657. The number of nitrogens with zero attached hydrogens (tertiary/aromatic N) is 2. The third-order valence-corrected chi connectivity index (χ3v) is 7.47. The van der Waals surface area contributed by atoms with E-state index >= 15 is 0 Å². The maximum Gasteiger partial charge on any atom is 0.390 e. The van der Waals surface area contributed by atoms with Crippen LogP contribution in [0.5, 0.6) is 17.2 Å². The van der Waals surface area contributed by atoms with E-state index in [1.165, 1.54) is 37.3 Å². The molecule has 0 saturated carbocycles. The van der Waals surface area contributed by atoms with Crippen LogP contribution in [0.4, 0.5) is 0 Å². The van der Waals surface area contributed by atoms with Gasteiger partial charge in [-0.05, 0) is 71.1 Å². The summed E-state index contributed by atoms with van der Waals surface area (Å²) < 4.78 is 16.5. The molecule has 0 aliphatic carbocycles. The van der Waals surface area contributed by atoms with Crippen LogP contribution in [-0.4, -0.2) is 55.2 Å². The third-order valence-electron chi connectivity index (χ3n) is 7.47. The van der Waals surface area contributed by atoms with E-state index < -0.39 is 10.8 Å². The van der Waals surface area contributed by atoms with Gasteiger partial charge >= 0.3 is 5.85 Å². The fourth-order valence-electron chi connectivity index (χ4n) is 5.09. The number of hydrogen-bond acceptors (Lipinski definition) is 7. The van der Waals surface area contributed by atoms with Crippen molar-refractivity contribution in [2.24, 2.45) is 0 Å². The van der Waals surface area contributed by atoms with Crippen molar-refractivity contribution in [2.75, 3.05) is 34.4 Å². The number of nitro groups is 1. The molecular weight excluding hydrogens is 544 g/mol. The van der Waals surface area contributed by atoms with E-state index in [0.717, 1.165) is 23.1 Å². The van der Waals surface area contributed by atoms with E-state index in [2.05, 4.69) is 43.3 Å². The van der Waals surface area contributed by atoms with Crippen LogP contribution in [0.15, 0.2) is 103 Å². The lowest BCUT2D eigenvalue weighted by Gasteiger charge is -2.29. The molecule has 0 fully saturated rings. The summed E-state index contributed by atoms with van der Waals surface area (Å²) in [6.07, 6.45) is 0.614. The summed E-state index contributed by atoms with van der Waals surface area (Å²) in [6, 6.07) is 33.5. The molecule has 8 nitrogen and oxygen atoms in total. The molecule has 224 valence electrons. The van der Waals surface area contributed by atoms with E-state index in [1.807, 2.05) is 48.5 Å². The number of hydrogen-bond donors (Lipinski definition) is 1. The van der Waals surface area contributed by atoms with Crippen molar-refractivity contribution >= 4 is 11.1 Å². The standard InChI is InChI=1S/C35H38N2O6/c1-5-31(27-12-8-6-9-13-27)34(28-14-10-7-11-15-28)29-17-19-30(20-18-29)43-23-22-36(2)35(38,37(39)40)25-26-16-21-32(41-3)33(24-26)42-4/h6-21,24,38H,5,22-23,25H2,1-4H3. The second-order valence-corrected chi connectivity index (χ2v) is 10.1. The molecule has 1 N–H and O–H groups in total. The van der Waals surface area contributed by atoms with E-state index in [9.17, 15) is 15.2 Å². The van der Waals surface area contributed by atoms with Crippen molar-refractivity contribution in [1.82, 2.24) is 4.90 Å². The first-order valence-corrected chi connectivity index (χ1v) is 14.2. The van der Waals surface area contributed by atoms with Crippen LogP contribution in [0, 0.1) is 10.1 Å². The highest BCUT2D eigenvalue weighted by atomic mass is 16.7. The van der Waals surface area contributed by atoms with Crippen LogP contribution < -0.4 is 14.2 Å². The summed E-state index contributed by atoms with van der Waals surface area (Å²) in [6.45, 7) is 2.43. The fraction of sp³-hybridized carbons (Fsp3) is 0.257. The fourth-order valence-corrected chi connectivity index (χ4v) is 5.09. The average Bonchev–Trinajstić information content (AvgIpc) is 3.04. The highest BCUT2D eigenvalue weighted by Crippen LogP contribution is 2.35. The molecule has 0 bridgehead atoms. The molecular formula is C35H38N2O6. The van der Waals surface area contributed by atoms with Crippen LogP contribution in [0.2, 0.25) is 0 Å². The molecule has 8 heteroatoms. The molecule has 0 spiro atoms. The Hall–Kier alpha value is -4.66. The Morgan fingerprint density at radius 2 is 1.42 bits per heavy atom. The number of benzene rings is 4. The first-order valence-electron chi connectivity index (χ1n) is 14.2. The van der Waals surface area contributed by atoms with Gasteiger partial charge in [0.25, 0.3) is 0 Å². The van der Waals surface area contributed by atoms with Crippen LogP contribution in [0.25, 0.3) is 11.1 Å². The predicted octanol–water partition coefficient (Wildman–Crippen LogP) is 6.55. The van der Waals surface area contributed by atoms with Crippen molar-refractivity contribution in [3.05, 3.63) is 135 Å². The van der Waals surface area contributed by atoms with Gasteiger partial charge in [0.15, 0.2) is 11.5 Å². The first-order chi connectivity index (χ1) is 20.8. The van der Waals surface area contributed by atoms with Gasteiger partial charge in [-0.15, -0.1) is 0 Å². The van der Waals surface area contributed by atoms with Crippen LogP contribution in [-0.2, 0) is 6.42 Å². The highest BCUT2D eigenvalue weighted by molar-refractivity contribution is 5.98. The van der Waals surface area contributed by atoms with E-state index in [0.29, 0.717) is 22.8 Å². The van der Waals surface area contributed by atoms with Crippen molar-refractivity contribution in [1.29, 1.82) is 0 Å². The second-order valence-electron chi connectivity index (χ2n) is 10.1. The minimum atomic E-state index is -2.34. The molecule has 0 amide bonds. The molecule has 1 atom stereocenters. The maximum atomic E-state index is 12.0. The number of likely N-dealkylation sites (N-methyl/N-ethyl adjacent to an activating group) is 1. The molecule has 0 heterocycles. The molecule has 0 aliphatic heterocycles. The normalized spacial score (nSPS) is 13.2. The van der Waals surface area contributed by atoms with Crippen molar-refractivity contribution in [2.45, 2.75) is 25.6 Å². The summed E-state index contributed by atoms with van der Waals surface area (Å²) in [4.78, 5) is 12.6. The summed E-state index contributed by atoms with van der Waals surface area (Å²) in [5.41, 5.74) is 6.31. The van der Waals surface area contributed by atoms with Crippen molar-refractivity contribution < 1.29 is 24.2 Å². The molecule has 4 rings (SSSR count). The average molecular weight is 583 g/mol. The monoisotopic (exact) mass is 582 g/mol. The zero-order chi connectivity index (χ0) is 30.8. The Kier molecular flexibility index (Phi) is 10.5. The zero-order valence-corrected chi connectivity index (χ0v) is 25.0. The van der Waals surface area contributed by atoms with Crippen LogP contribution >= 0.6 is 0 Å². The molecule has 0 radical (unpaired) electrons. The number of rotatable bonds is 14. The Labute approximate surface area is 252 Å². The number of aliphatic hydroxyl groups is 1. The van der Waals surface area contributed by atoms with Crippen LogP contribution in [0.1, 0.15) is 35.6 Å². The smallest absolute Gasteiger partial charge is 0.390 e. The van der Waals surface area contributed by atoms with Gasteiger partial charge < -0.3 is 19.3 Å². The van der Waals surface area contributed by atoms with Gasteiger partial charge in [0.2, 0.25) is 0 Å². The largest absolute Gasteiger partial charge is 0.493 e. The molecule has 1 unspecified atom stereocenters. The number of ether oxygens (including phenoxy) is 3. The quantitative estimate of drug-likeness (QED) is 0.0780. The SMILES string of the molecule is CCC(=C(c1ccccc1)c1ccc(OCCN(C)C(O)(Cc2ccc(OC)c(OC)c2)[N+](=O)[O-])cc1)c1ccccc1. The van der Waals surface area contributed by atoms with Crippen molar-refractivity contribution in [3.63, 3.8) is 0 Å². The minimum Gasteiger partial charge on any atom is -0.493 e.